The molecule has 3 aromatic heterocycles. The molecule has 2 aliphatic rings. The van der Waals surface area contributed by atoms with Gasteiger partial charge in [-0.25, -0.2) is 24.5 Å². The normalized spacial score (nSPS) is 17.7. The predicted octanol–water partition coefficient (Wildman–Crippen LogP) is 7.12. The predicted molar refractivity (Wildman–Crippen MR) is 194 cm³/mol. The summed E-state index contributed by atoms with van der Waals surface area (Å²) >= 11 is 0. The van der Waals surface area contributed by atoms with E-state index in [9.17, 15) is 9.59 Å². The number of rotatable bonds is 3. The molecule has 2 N–H and O–H groups in total. The minimum absolute atomic E-state index is 0. The molecule has 2 fully saturated rings. The molecule has 48 heavy (non-hydrogen) atoms. The largest absolute Gasteiger partial charge is 0.444 e. The maximum Gasteiger partial charge on any atom is 0.410 e. The van der Waals surface area contributed by atoms with E-state index >= 15 is 0 Å². The molecule has 1 aromatic carbocycles. The molecule has 6 rings (SSSR count). The summed E-state index contributed by atoms with van der Waals surface area (Å²) in [7, 11) is 0. The van der Waals surface area contributed by atoms with Crippen LogP contribution in [0.15, 0.2) is 42.6 Å². The highest BCUT2D eigenvalue weighted by Crippen LogP contribution is 2.34. The maximum absolute atomic E-state index is 12.8. The summed E-state index contributed by atoms with van der Waals surface area (Å²) in [6.07, 6.45) is 4.61. The number of ether oxygens (including phenoxy) is 2. The van der Waals surface area contributed by atoms with Crippen LogP contribution in [0.4, 0.5) is 9.59 Å². The van der Waals surface area contributed by atoms with Gasteiger partial charge in [0.05, 0.1) is 29.5 Å². The summed E-state index contributed by atoms with van der Waals surface area (Å²) in [6.45, 7) is 12.5. The summed E-state index contributed by atoms with van der Waals surface area (Å²) in [5, 5.41) is 0. The van der Waals surface area contributed by atoms with E-state index in [-0.39, 0.29) is 51.3 Å². The van der Waals surface area contributed by atoms with Gasteiger partial charge < -0.3 is 19.4 Å². The lowest BCUT2D eigenvalue weighted by atomic mass is 10.1. The zero-order valence-electron chi connectivity index (χ0n) is 28.3. The Morgan fingerprint density at radius 2 is 1.35 bits per heavy atom. The number of hydrogen-bond acceptors (Lipinski definition) is 7. The Morgan fingerprint density at radius 1 is 0.771 bits per heavy atom. The Bertz CT molecular complexity index is 1810. The number of hydrogen-bond donors (Lipinski definition) is 2. The molecule has 2 aliphatic heterocycles. The highest BCUT2D eigenvalue weighted by Gasteiger charge is 2.36. The third kappa shape index (κ3) is 8.46. The lowest BCUT2D eigenvalue weighted by Crippen LogP contribution is -2.36. The Hall–Kier alpha value is -4.15. The van der Waals surface area contributed by atoms with Gasteiger partial charge in [-0.05, 0) is 103 Å². The second kappa shape index (κ2) is 14.5. The van der Waals surface area contributed by atoms with Crippen molar-refractivity contribution in [3.8, 4) is 23.1 Å². The molecule has 2 amide bonds. The van der Waals surface area contributed by atoms with Gasteiger partial charge in [0.1, 0.15) is 28.5 Å². The van der Waals surface area contributed by atoms with Crippen LogP contribution < -0.4 is 0 Å². The van der Waals surface area contributed by atoms with Gasteiger partial charge in [0, 0.05) is 18.7 Å². The fraction of sp³-hybridized carbons (Fsp3) is 0.457. The molecule has 2 saturated heterocycles. The van der Waals surface area contributed by atoms with E-state index in [1.807, 2.05) is 77.9 Å². The number of carbonyl (C=O) groups is 2. The first-order valence-corrected chi connectivity index (χ1v) is 15.9. The monoisotopic (exact) mass is 691 g/mol. The molecule has 0 spiro atoms. The molecular weight excluding hydrogens is 647 g/mol. The van der Waals surface area contributed by atoms with E-state index < -0.39 is 11.2 Å². The van der Waals surface area contributed by atoms with Crippen LogP contribution in [0.3, 0.4) is 0 Å². The second-order valence-electron chi connectivity index (χ2n) is 13.9. The van der Waals surface area contributed by atoms with Crippen molar-refractivity contribution in [3.63, 3.8) is 0 Å². The smallest absolute Gasteiger partial charge is 0.410 e. The van der Waals surface area contributed by atoms with Gasteiger partial charge in [0.25, 0.3) is 0 Å². The number of likely N-dealkylation sites (tertiary alicyclic amines) is 2. The van der Waals surface area contributed by atoms with Crippen LogP contribution in [0, 0.1) is 11.8 Å². The van der Waals surface area contributed by atoms with Crippen LogP contribution in [0.25, 0.3) is 22.4 Å². The van der Waals surface area contributed by atoms with Crippen LogP contribution in [0.5, 0.6) is 0 Å². The van der Waals surface area contributed by atoms with Crippen LogP contribution in [0.2, 0.25) is 0 Å². The minimum atomic E-state index is -0.557. The Kier molecular flexibility index (Phi) is 11.1. The second-order valence-corrected chi connectivity index (χ2v) is 13.9. The third-order valence-electron chi connectivity index (χ3n) is 7.88. The molecule has 0 saturated carbocycles. The van der Waals surface area contributed by atoms with Crippen molar-refractivity contribution >= 4 is 50.3 Å². The van der Waals surface area contributed by atoms with Gasteiger partial charge in [-0.1, -0.05) is 18.1 Å². The number of carbonyl (C=O) groups excluding carboxylic acids is 2. The first-order valence-electron chi connectivity index (χ1n) is 15.9. The van der Waals surface area contributed by atoms with E-state index in [1.165, 1.54) is 0 Å². The van der Waals surface area contributed by atoms with Crippen LogP contribution in [-0.4, -0.2) is 71.2 Å². The van der Waals surface area contributed by atoms with Crippen molar-refractivity contribution < 1.29 is 19.1 Å². The summed E-state index contributed by atoms with van der Waals surface area (Å²) in [6, 6.07) is 11.4. The van der Waals surface area contributed by atoms with E-state index in [0.717, 1.165) is 53.8 Å². The SMILES string of the molecule is CC(C)(C)OC(=O)N1CCC[C@H]1c1ncc(-c2ccc(C#Cc3ccc4[nH]c([C@@H]5CCCN5C(=O)OC(C)(C)C)nc4n3)cc2)[nH]1.S.S. The number of aromatic nitrogens is 5. The van der Waals surface area contributed by atoms with Gasteiger partial charge in [0.15, 0.2) is 5.65 Å². The van der Waals surface area contributed by atoms with Crippen molar-refractivity contribution in [3.05, 3.63) is 65.5 Å². The highest BCUT2D eigenvalue weighted by molar-refractivity contribution is 7.59. The van der Waals surface area contributed by atoms with Crippen LogP contribution >= 0.6 is 27.0 Å². The number of aromatic amines is 2. The molecule has 5 heterocycles. The molecule has 0 unspecified atom stereocenters. The van der Waals surface area contributed by atoms with Gasteiger partial charge >= 0.3 is 12.2 Å². The average Bonchev–Trinajstić information content (AvgIpc) is 3.79. The lowest BCUT2D eigenvalue weighted by Gasteiger charge is -2.27. The molecule has 4 aromatic rings. The van der Waals surface area contributed by atoms with Gasteiger partial charge in [-0.15, -0.1) is 0 Å². The van der Waals surface area contributed by atoms with Crippen LogP contribution in [0.1, 0.15) is 102 Å². The summed E-state index contributed by atoms with van der Waals surface area (Å²) in [5.41, 5.74) is 3.56. The van der Waals surface area contributed by atoms with Crippen molar-refractivity contribution in [2.75, 3.05) is 13.1 Å². The van der Waals surface area contributed by atoms with E-state index in [0.29, 0.717) is 30.3 Å². The Balaban J connectivity index is 0.00000260. The van der Waals surface area contributed by atoms with E-state index in [1.54, 1.807) is 16.0 Å². The van der Waals surface area contributed by atoms with Crippen molar-refractivity contribution in [2.45, 2.75) is 90.5 Å². The van der Waals surface area contributed by atoms with Crippen molar-refractivity contribution in [2.24, 2.45) is 0 Å². The number of benzene rings is 1. The van der Waals surface area contributed by atoms with Gasteiger partial charge in [-0.3, -0.25) is 9.80 Å². The van der Waals surface area contributed by atoms with Gasteiger partial charge in [-0.2, -0.15) is 27.0 Å². The number of pyridine rings is 1. The summed E-state index contributed by atoms with van der Waals surface area (Å²) in [5.74, 6) is 7.81. The molecular formula is C35H45N7O4S2. The maximum atomic E-state index is 12.8. The summed E-state index contributed by atoms with van der Waals surface area (Å²) < 4.78 is 11.2. The number of H-pyrrole nitrogens is 2. The fourth-order valence-corrected chi connectivity index (χ4v) is 5.84. The molecule has 0 aliphatic carbocycles. The van der Waals surface area contributed by atoms with Gasteiger partial charge in [0.2, 0.25) is 0 Å². The molecule has 256 valence electrons. The Labute approximate surface area is 295 Å². The first-order chi connectivity index (χ1) is 21.8. The Morgan fingerprint density at radius 3 is 1.94 bits per heavy atom. The minimum Gasteiger partial charge on any atom is -0.444 e. The van der Waals surface area contributed by atoms with Crippen LogP contribution in [-0.2, 0) is 9.47 Å². The van der Waals surface area contributed by atoms with Crippen molar-refractivity contribution in [1.82, 2.24) is 34.7 Å². The van der Waals surface area contributed by atoms with E-state index in [4.69, 9.17) is 14.5 Å². The quantitative estimate of drug-likeness (QED) is 0.219. The standard InChI is InChI=1S/C35H41N7O4.2H2S/c1-34(2,3)45-32(43)41-19-7-9-27(41)30-36-21-26(39-30)23-14-11-22(12-15-23)13-16-24-17-18-25-29(37-24)40-31(38-25)28-10-8-20-42(28)33(44)46-35(4,5)6;;/h11-12,14-15,17-18,21,27-28H,7-10,19-20H2,1-6H3,(H,36,39)(H,37,38,40);2*1H2/t27-,28-;;/m0../s1. The first kappa shape index (κ1) is 36.7. The number of nitrogens with zero attached hydrogens (tertiary/aromatic N) is 5. The number of imidazole rings is 2. The van der Waals surface area contributed by atoms with Crippen molar-refractivity contribution in [1.29, 1.82) is 0 Å². The molecule has 13 heteroatoms. The molecule has 11 nitrogen and oxygen atoms in total. The number of nitrogens with one attached hydrogen (secondary N) is 2. The summed E-state index contributed by atoms with van der Waals surface area (Å²) in [4.78, 5) is 49.7. The number of fused-ring (bicyclic) bond motifs is 1. The highest BCUT2D eigenvalue weighted by atomic mass is 32.1. The average molecular weight is 692 g/mol. The third-order valence-corrected chi connectivity index (χ3v) is 7.88. The fourth-order valence-electron chi connectivity index (χ4n) is 5.84. The molecule has 2 atom stereocenters. The lowest BCUT2D eigenvalue weighted by molar-refractivity contribution is 0.0208. The van der Waals surface area contributed by atoms with E-state index in [2.05, 4.69) is 31.8 Å². The topological polar surface area (TPSA) is 129 Å². The zero-order valence-corrected chi connectivity index (χ0v) is 30.3. The zero-order chi connectivity index (χ0) is 32.6. The molecule has 0 radical (unpaired) electrons. The number of amides is 2. The molecule has 0 bridgehead atoms.